The number of benzene rings is 1. The lowest BCUT2D eigenvalue weighted by molar-refractivity contribution is -0.146. The number of rotatable bonds is 4. The lowest BCUT2D eigenvalue weighted by Crippen LogP contribution is -2.26. The van der Waals surface area contributed by atoms with E-state index in [4.69, 9.17) is 9.84 Å². The van der Waals surface area contributed by atoms with Crippen molar-refractivity contribution in [1.82, 2.24) is 0 Å². The lowest BCUT2D eigenvalue weighted by Gasteiger charge is -2.20. The first kappa shape index (κ1) is 13.4. The minimum atomic E-state index is -1.12. The van der Waals surface area contributed by atoms with Gasteiger partial charge < -0.3 is 9.84 Å². The number of carboxylic acid groups (broad SMARTS) is 1. The van der Waals surface area contributed by atoms with Crippen LogP contribution in [0.1, 0.15) is 19.4 Å². The van der Waals surface area contributed by atoms with Crippen LogP contribution in [0.25, 0.3) is 0 Å². The van der Waals surface area contributed by atoms with Crippen molar-refractivity contribution in [3.63, 3.8) is 0 Å². The van der Waals surface area contributed by atoms with Crippen molar-refractivity contribution in [2.75, 3.05) is 7.11 Å². The normalized spacial score (nSPS) is 11.4. The summed E-state index contributed by atoms with van der Waals surface area (Å²) in [7, 11) is 1.26. The molecule has 0 radical (unpaired) electrons. The quantitative estimate of drug-likeness (QED) is 0.885. The molecule has 1 aromatic rings. The summed E-state index contributed by atoms with van der Waals surface area (Å²) >= 11 is 0. The Hall–Kier alpha value is -1.65. The molecule has 0 heterocycles. The molecule has 1 rings (SSSR count). The summed E-state index contributed by atoms with van der Waals surface area (Å²) in [5.74, 6) is -2.73. The van der Waals surface area contributed by atoms with Crippen LogP contribution in [0.4, 0.5) is 8.78 Å². The Kier molecular flexibility index (Phi) is 3.70. The molecule has 0 aliphatic carbocycles. The molecule has 17 heavy (non-hydrogen) atoms. The molecule has 3 nitrogen and oxygen atoms in total. The maximum atomic E-state index is 13.4. The number of aliphatic carboxylic acids is 1. The molecule has 0 aliphatic rings. The summed E-state index contributed by atoms with van der Waals surface area (Å²) in [6.45, 7) is 2.97. The molecular weight excluding hydrogens is 230 g/mol. The van der Waals surface area contributed by atoms with Crippen LogP contribution in [0.5, 0.6) is 5.75 Å². The molecule has 0 fully saturated rings. The van der Waals surface area contributed by atoms with Crippen LogP contribution < -0.4 is 4.74 Å². The van der Waals surface area contributed by atoms with Crippen LogP contribution >= 0.6 is 0 Å². The minimum absolute atomic E-state index is 0.0137. The smallest absolute Gasteiger partial charge is 0.309 e. The van der Waals surface area contributed by atoms with Gasteiger partial charge in [-0.1, -0.05) is 0 Å². The van der Waals surface area contributed by atoms with E-state index in [1.54, 1.807) is 0 Å². The predicted molar refractivity (Wildman–Crippen MR) is 58.0 cm³/mol. The largest absolute Gasteiger partial charge is 0.493 e. The van der Waals surface area contributed by atoms with Gasteiger partial charge in [-0.2, -0.15) is 0 Å². The second-order valence-electron chi connectivity index (χ2n) is 4.45. The van der Waals surface area contributed by atoms with Crippen LogP contribution in [0.2, 0.25) is 0 Å². The van der Waals surface area contributed by atoms with Crippen LogP contribution in [0, 0.1) is 17.0 Å². The maximum Gasteiger partial charge on any atom is 0.309 e. The molecule has 5 heteroatoms. The van der Waals surface area contributed by atoms with Crippen molar-refractivity contribution in [2.45, 2.75) is 20.3 Å². The fraction of sp³-hybridized carbons (Fsp3) is 0.417. The van der Waals surface area contributed by atoms with Gasteiger partial charge in [-0.05, 0) is 26.3 Å². The van der Waals surface area contributed by atoms with Crippen molar-refractivity contribution >= 4 is 5.97 Å². The Labute approximate surface area is 98.0 Å². The fourth-order valence-electron chi connectivity index (χ4n) is 1.53. The standard InChI is InChI=1S/C12H14F2O3/c1-12(2,11(15)16)6-7-4-8(13)5-9(14)10(7)17-3/h4-5H,6H2,1-3H3,(H,15,16). The zero-order valence-corrected chi connectivity index (χ0v) is 9.88. The Morgan fingerprint density at radius 2 is 2.00 bits per heavy atom. The van der Waals surface area contributed by atoms with Gasteiger partial charge in [0.25, 0.3) is 0 Å². The van der Waals surface area contributed by atoms with E-state index in [0.29, 0.717) is 6.07 Å². The summed E-state index contributed by atoms with van der Waals surface area (Å²) in [6.07, 6.45) is -0.0137. The van der Waals surface area contributed by atoms with Gasteiger partial charge in [0.05, 0.1) is 12.5 Å². The number of hydrogen-bond donors (Lipinski definition) is 1. The molecule has 0 unspecified atom stereocenters. The van der Waals surface area contributed by atoms with Gasteiger partial charge in [0.2, 0.25) is 0 Å². The van der Waals surface area contributed by atoms with E-state index < -0.39 is 23.0 Å². The highest BCUT2D eigenvalue weighted by Gasteiger charge is 2.29. The highest BCUT2D eigenvalue weighted by molar-refractivity contribution is 5.74. The zero-order chi connectivity index (χ0) is 13.2. The number of carboxylic acids is 1. The highest BCUT2D eigenvalue weighted by atomic mass is 19.1. The van der Waals surface area contributed by atoms with Gasteiger partial charge >= 0.3 is 5.97 Å². The Bertz CT molecular complexity index is 442. The molecule has 0 amide bonds. The van der Waals surface area contributed by atoms with E-state index in [1.165, 1.54) is 21.0 Å². The Balaban J connectivity index is 3.18. The van der Waals surface area contributed by atoms with Crippen LogP contribution in [-0.4, -0.2) is 18.2 Å². The van der Waals surface area contributed by atoms with E-state index in [-0.39, 0.29) is 17.7 Å². The highest BCUT2D eigenvalue weighted by Crippen LogP contribution is 2.30. The van der Waals surface area contributed by atoms with Gasteiger partial charge in [-0.15, -0.1) is 0 Å². The molecule has 0 bridgehead atoms. The number of ether oxygens (including phenoxy) is 1. The Morgan fingerprint density at radius 3 is 2.47 bits per heavy atom. The number of methoxy groups -OCH3 is 1. The monoisotopic (exact) mass is 244 g/mol. The first-order chi connectivity index (χ1) is 7.77. The van der Waals surface area contributed by atoms with Gasteiger partial charge in [0, 0.05) is 11.6 Å². The SMILES string of the molecule is COc1c(F)cc(F)cc1CC(C)(C)C(=O)O. The van der Waals surface area contributed by atoms with E-state index in [9.17, 15) is 13.6 Å². The second kappa shape index (κ2) is 4.69. The Morgan fingerprint density at radius 1 is 1.41 bits per heavy atom. The van der Waals surface area contributed by atoms with Crippen molar-refractivity contribution in [2.24, 2.45) is 5.41 Å². The van der Waals surface area contributed by atoms with Crippen LogP contribution in [0.3, 0.4) is 0 Å². The topological polar surface area (TPSA) is 46.5 Å². The van der Waals surface area contributed by atoms with Gasteiger partial charge in [0.1, 0.15) is 5.82 Å². The number of carbonyl (C=O) groups is 1. The fourth-order valence-corrected chi connectivity index (χ4v) is 1.53. The van der Waals surface area contributed by atoms with E-state index in [1.807, 2.05) is 0 Å². The molecule has 0 atom stereocenters. The third-order valence-corrected chi connectivity index (χ3v) is 2.50. The van der Waals surface area contributed by atoms with Gasteiger partial charge in [-0.3, -0.25) is 4.79 Å². The second-order valence-corrected chi connectivity index (χ2v) is 4.45. The van der Waals surface area contributed by atoms with Crippen LogP contribution in [-0.2, 0) is 11.2 Å². The van der Waals surface area contributed by atoms with Gasteiger partial charge in [0.15, 0.2) is 11.6 Å². The number of halogens is 2. The third-order valence-electron chi connectivity index (χ3n) is 2.50. The summed E-state index contributed by atoms with van der Waals surface area (Å²) in [5.41, 5.74) is -0.912. The molecule has 1 N–H and O–H groups in total. The van der Waals surface area contributed by atoms with Crippen molar-refractivity contribution in [3.8, 4) is 5.75 Å². The van der Waals surface area contributed by atoms with Gasteiger partial charge in [-0.25, -0.2) is 8.78 Å². The summed E-state index contributed by atoms with van der Waals surface area (Å²) in [4.78, 5) is 11.0. The zero-order valence-electron chi connectivity index (χ0n) is 9.88. The predicted octanol–water partition coefficient (Wildman–Crippen LogP) is 2.63. The molecule has 0 saturated carbocycles. The van der Waals surface area contributed by atoms with E-state index >= 15 is 0 Å². The molecule has 0 spiro atoms. The summed E-state index contributed by atoms with van der Waals surface area (Å²) in [6, 6.07) is 1.79. The molecule has 0 saturated heterocycles. The van der Waals surface area contributed by atoms with Crippen LogP contribution in [0.15, 0.2) is 12.1 Å². The lowest BCUT2D eigenvalue weighted by atomic mass is 9.85. The molecule has 94 valence electrons. The van der Waals surface area contributed by atoms with Crippen molar-refractivity contribution in [1.29, 1.82) is 0 Å². The molecule has 1 aromatic carbocycles. The average Bonchev–Trinajstić information content (AvgIpc) is 2.15. The summed E-state index contributed by atoms with van der Waals surface area (Å²) < 4.78 is 31.3. The summed E-state index contributed by atoms with van der Waals surface area (Å²) in [5, 5.41) is 8.98. The minimum Gasteiger partial charge on any atom is -0.493 e. The molecular formula is C12H14F2O3. The first-order valence-corrected chi connectivity index (χ1v) is 5.03. The molecule has 0 aromatic heterocycles. The number of hydrogen-bond acceptors (Lipinski definition) is 2. The van der Waals surface area contributed by atoms with Crippen molar-refractivity contribution in [3.05, 3.63) is 29.3 Å². The first-order valence-electron chi connectivity index (χ1n) is 5.03. The average molecular weight is 244 g/mol. The van der Waals surface area contributed by atoms with Crippen molar-refractivity contribution < 1.29 is 23.4 Å². The molecule has 0 aliphatic heterocycles. The maximum absolute atomic E-state index is 13.4. The third kappa shape index (κ3) is 2.93. The van der Waals surface area contributed by atoms with E-state index in [0.717, 1.165) is 6.07 Å². The van der Waals surface area contributed by atoms with E-state index in [2.05, 4.69) is 0 Å².